The van der Waals surface area contributed by atoms with E-state index in [2.05, 4.69) is 17.2 Å². The van der Waals surface area contributed by atoms with Crippen molar-refractivity contribution in [2.75, 3.05) is 30.8 Å². The van der Waals surface area contributed by atoms with E-state index >= 15 is 0 Å². The summed E-state index contributed by atoms with van der Waals surface area (Å²) in [5.41, 5.74) is 6.56. The van der Waals surface area contributed by atoms with Gasteiger partial charge in [0, 0.05) is 19.8 Å². The monoisotopic (exact) mass is 246 g/mol. The Morgan fingerprint density at radius 2 is 2.22 bits per heavy atom. The molecule has 18 heavy (non-hydrogen) atoms. The lowest BCUT2D eigenvalue weighted by atomic mass is 9.82. The number of hydrogen-bond acceptors (Lipinski definition) is 5. The van der Waals surface area contributed by atoms with E-state index in [0.717, 1.165) is 32.6 Å². The summed E-state index contributed by atoms with van der Waals surface area (Å²) in [7, 11) is 0. The average molecular weight is 246 g/mol. The summed E-state index contributed by atoms with van der Waals surface area (Å²) in [5.74, 6) is 0.702. The Morgan fingerprint density at radius 1 is 1.50 bits per heavy atom. The highest BCUT2D eigenvalue weighted by Crippen LogP contribution is 2.29. The van der Waals surface area contributed by atoms with Crippen molar-refractivity contribution in [2.24, 2.45) is 5.41 Å². The molecule has 1 aromatic heterocycles. The van der Waals surface area contributed by atoms with E-state index in [0.29, 0.717) is 11.5 Å². The maximum absolute atomic E-state index is 8.87. The first-order chi connectivity index (χ1) is 8.63. The fourth-order valence-corrected chi connectivity index (χ4v) is 2.00. The van der Waals surface area contributed by atoms with Crippen LogP contribution >= 0.6 is 0 Å². The van der Waals surface area contributed by atoms with E-state index in [1.54, 1.807) is 12.1 Å². The summed E-state index contributed by atoms with van der Waals surface area (Å²) in [6.45, 7) is 4.71. The van der Waals surface area contributed by atoms with Gasteiger partial charge in [-0.1, -0.05) is 6.92 Å². The van der Waals surface area contributed by atoms with Crippen LogP contribution in [0.4, 0.5) is 11.5 Å². The fraction of sp³-hybridized carbons (Fsp3) is 0.538. The number of hydrogen-bond donors (Lipinski definition) is 2. The Morgan fingerprint density at radius 3 is 2.89 bits per heavy atom. The standard InChI is InChI=1S/C13H18N4O/c1-13(4-6-18-7-5-13)9-16-12-3-2-10(15)11(8-14)17-12/h2-3H,4-7,9,15H2,1H3,(H,16,17). The van der Waals surface area contributed by atoms with E-state index in [-0.39, 0.29) is 11.1 Å². The summed E-state index contributed by atoms with van der Waals surface area (Å²) in [6, 6.07) is 5.50. The van der Waals surface area contributed by atoms with Gasteiger partial charge in [0.25, 0.3) is 0 Å². The molecule has 0 aromatic carbocycles. The number of nitrogens with two attached hydrogens (primary N) is 1. The molecule has 5 nitrogen and oxygen atoms in total. The molecule has 2 rings (SSSR count). The highest BCUT2D eigenvalue weighted by Gasteiger charge is 2.27. The number of anilines is 2. The van der Waals surface area contributed by atoms with Crippen LogP contribution in [-0.4, -0.2) is 24.7 Å². The first-order valence-electron chi connectivity index (χ1n) is 6.11. The molecule has 1 aliphatic rings. The van der Waals surface area contributed by atoms with Crippen LogP contribution in [0.25, 0.3) is 0 Å². The Kier molecular flexibility index (Phi) is 3.68. The molecule has 2 heterocycles. The van der Waals surface area contributed by atoms with Gasteiger partial charge in [0.2, 0.25) is 0 Å². The SMILES string of the molecule is CC1(CNc2ccc(N)c(C#N)n2)CCOCC1. The zero-order valence-corrected chi connectivity index (χ0v) is 10.6. The molecule has 1 aromatic rings. The smallest absolute Gasteiger partial charge is 0.165 e. The molecular weight excluding hydrogens is 228 g/mol. The van der Waals surface area contributed by atoms with Crippen molar-refractivity contribution in [1.82, 2.24) is 4.98 Å². The number of aromatic nitrogens is 1. The van der Waals surface area contributed by atoms with Crippen molar-refractivity contribution in [3.8, 4) is 6.07 Å². The van der Waals surface area contributed by atoms with E-state index < -0.39 is 0 Å². The van der Waals surface area contributed by atoms with E-state index in [9.17, 15) is 0 Å². The molecule has 0 atom stereocenters. The number of nitrogens with zero attached hydrogens (tertiary/aromatic N) is 2. The maximum Gasteiger partial charge on any atom is 0.165 e. The first kappa shape index (κ1) is 12.7. The van der Waals surface area contributed by atoms with Gasteiger partial charge in [-0.15, -0.1) is 0 Å². The van der Waals surface area contributed by atoms with Crippen molar-refractivity contribution in [3.63, 3.8) is 0 Å². The lowest BCUT2D eigenvalue weighted by Crippen LogP contribution is -2.33. The van der Waals surface area contributed by atoms with Gasteiger partial charge in [0.05, 0.1) is 5.69 Å². The summed E-state index contributed by atoms with van der Waals surface area (Å²) in [6.07, 6.45) is 2.08. The number of rotatable bonds is 3. The minimum atomic E-state index is 0.230. The second-order valence-electron chi connectivity index (χ2n) is 5.02. The third-order valence-corrected chi connectivity index (χ3v) is 3.43. The molecular formula is C13H18N4O. The van der Waals surface area contributed by atoms with Gasteiger partial charge in [0.1, 0.15) is 11.9 Å². The molecule has 0 aliphatic carbocycles. The van der Waals surface area contributed by atoms with Gasteiger partial charge < -0.3 is 15.8 Å². The third kappa shape index (κ3) is 2.90. The number of nitrogens with one attached hydrogen (secondary N) is 1. The van der Waals surface area contributed by atoms with Gasteiger partial charge in [-0.05, 0) is 30.4 Å². The van der Waals surface area contributed by atoms with Crippen LogP contribution in [0.15, 0.2) is 12.1 Å². The molecule has 0 spiro atoms. The molecule has 0 saturated carbocycles. The molecule has 0 radical (unpaired) electrons. The predicted octanol–water partition coefficient (Wildman–Crippen LogP) is 1.76. The minimum Gasteiger partial charge on any atom is -0.396 e. The van der Waals surface area contributed by atoms with Crippen LogP contribution in [0, 0.1) is 16.7 Å². The minimum absolute atomic E-state index is 0.230. The largest absolute Gasteiger partial charge is 0.396 e. The normalized spacial score (nSPS) is 18.0. The van der Waals surface area contributed by atoms with Crippen LogP contribution in [0.3, 0.4) is 0 Å². The molecule has 96 valence electrons. The van der Waals surface area contributed by atoms with Gasteiger partial charge in [0.15, 0.2) is 5.69 Å². The van der Waals surface area contributed by atoms with Crippen molar-refractivity contribution >= 4 is 11.5 Å². The number of ether oxygens (including phenoxy) is 1. The molecule has 1 fully saturated rings. The summed E-state index contributed by atoms with van der Waals surface area (Å²) in [4.78, 5) is 4.18. The second-order valence-corrected chi connectivity index (χ2v) is 5.02. The Hall–Kier alpha value is -1.80. The molecule has 5 heteroatoms. The molecule has 0 amide bonds. The summed E-state index contributed by atoms with van der Waals surface area (Å²) >= 11 is 0. The van der Waals surface area contributed by atoms with Gasteiger partial charge in [-0.2, -0.15) is 5.26 Å². The molecule has 1 aliphatic heterocycles. The third-order valence-electron chi connectivity index (χ3n) is 3.43. The van der Waals surface area contributed by atoms with Crippen LogP contribution in [0.1, 0.15) is 25.5 Å². The highest BCUT2D eigenvalue weighted by atomic mass is 16.5. The number of nitriles is 1. The molecule has 0 unspecified atom stereocenters. The van der Waals surface area contributed by atoms with Gasteiger partial charge in [-0.25, -0.2) is 4.98 Å². The van der Waals surface area contributed by atoms with Crippen LogP contribution in [0.2, 0.25) is 0 Å². The average Bonchev–Trinajstić information content (AvgIpc) is 2.39. The lowest BCUT2D eigenvalue weighted by Gasteiger charge is -2.33. The maximum atomic E-state index is 8.87. The fourth-order valence-electron chi connectivity index (χ4n) is 2.00. The van der Waals surface area contributed by atoms with E-state index in [1.165, 1.54) is 0 Å². The van der Waals surface area contributed by atoms with Crippen molar-refractivity contribution < 1.29 is 4.74 Å². The quantitative estimate of drug-likeness (QED) is 0.849. The number of pyridine rings is 1. The number of nitrogen functional groups attached to an aromatic ring is 1. The van der Waals surface area contributed by atoms with Gasteiger partial charge in [-0.3, -0.25) is 0 Å². The van der Waals surface area contributed by atoms with Crippen LogP contribution < -0.4 is 11.1 Å². The predicted molar refractivity (Wildman–Crippen MR) is 70.0 cm³/mol. The molecule has 0 bridgehead atoms. The molecule has 1 saturated heterocycles. The zero-order valence-electron chi connectivity index (χ0n) is 10.6. The van der Waals surface area contributed by atoms with Crippen LogP contribution in [-0.2, 0) is 4.74 Å². The first-order valence-corrected chi connectivity index (χ1v) is 6.11. The van der Waals surface area contributed by atoms with E-state index in [1.807, 2.05) is 6.07 Å². The van der Waals surface area contributed by atoms with Gasteiger partial charge >= 0.3 is 0 Å². The van der Waals surface area contributed by atoms with Crippen molar-refractivity contribution in [1.29, 1.82) is 5.26 Å². The summed E-state index contributed by atoms with van der Waals surface area (Å²) < 4.78 is 5.37. The highest BCUT2D eigenvalue weighted by molar-refractivity contribution is 5.54. The molecule has 3 N–H and O–H groups in total. The Bertz CT molecular complexity index is 461. The topological polar surface area (TPSA) is 84.0 Å². The zero-order chi connectivity index (χ0) is 13.0. The Labute approximate surface area is 107 Å². The van der Waals surface area contributed by atoms with Crippen molar-refractivity contribution in [3.05, 3.63) is 17.8 Å². The van der Waals surface area contributed by atoms with Crippen LogP contribution in [0.5, 0.6) is 0 Å². The summed E-state index contributed by atoms with van der Waals surface area (Å²) in [5, 5.41) is 12.2. The van der Waals surface area contributed by atoms with Crippen molar-refractivity contribution in [2.45, 2.75) is 19.8 Å². The second kappa shape index (κ2) is 5.23. The lowest BCUT2D eigenvalue weighted by molar-refractivity contribution is 0.0300. The van der Waals surface area contributed by atoms with E-state index in [4.69, 9.17) is 15.7 Å². The Balaban J connectivity index is 2.00.